The molecule has 1 rings (SSSR count). The maximum absolute atomic E-state index is 7.82. The molecule has 0 spiro atoms. The second-order valence-electron chi connectivity index (χ2n) is 3.66. The van der Waals surface area contributed by atoms with Crippen molar-refractivity contribution < 1.29 is 0 Å². The van der Waals surface area contributed by atoms with Gasteiger partial charge in [0.15, 0.2) is 0 Å². The Morgan fingerprint density at radius 3 is 2.57 bits per heavy atom. The van der Waals surface area contributed by atoms with Crippen LogP contribution in [-0.2, 0) is 6.42 Å². The minimum absolute atomic E-state index is 0.395. The van der Waals surface area contributed by atoms with Gasteiger partial charge < -0.3 is 10.7 Å². The van der Waals surface area contributed by atoms with Crippen molar-refractivity contribution in [1.82, 2.24) is 5.32 Å². The van der Waals surface area contributed by atoms with Crippen LogP contribution in [0.2, 0.25) is 0 Å². The van der Waals surface area contributed by atoms with Crippen molar-refractivity contribution >= 4 is 5.71 Å². The van der Waals surface area contributed by atoms with Crippen LogP contribution in [0.5, 0.6) is 0 Å². The van der Waals surface area contributed by atoms with E-state index < -0.39 is 0 Å². The Bertz CT molecular complexity index is 280. The van der Waals surface area contributed by atoms with E-state index in [1.54, 1.807) is 0 Å². The molecular formula is C12H18N2. The summed E-state index contributed by atoms with van der Waals surface area (Å²) in [7, 11) is 1.93. The highest BCUT2D eigenvalue weighted by Gasteiger charge is 2.03. The second kappa shape index (κ2) is 5.55. The molecule has 0 aliphatic heterocycles. The van der Waals surface area contributed by atoms with Gasteiger partial charge in [-0.2, -0.15) is 0 Å². The van der Waals surface area contributed by atoms with Crippen molar-refractivity contribution in [1.29, 1.82) is 5.41 Å². The normalized spacial score (nSPS) is 12.4. The zero-order chi connectivity index (χ0) is 10.4. The topological polar surface area (TPSA) is 35.9 Å². The second-order valence-corrected chi connectivity index (χ2v) is 3.66. The first-order valence-corrected chi connectivity index (χ1v) is 5.00. The molecule has 1 aromatic rings. The lowest BCUT2D eigenvalue weighted by Crippen LogP contribution is -2.24. The third kappa shape index (κ3) is 3.71. The van der Waals surface area contributed by atoms with Crippen LogP contribution in [0.1, 0.15) is 18.9 Å². The van der Waals surface area contributed by atoms with E-state index in [0.717, 1.165) is 18.6 Å². The predicted molar refractivity (Wildman–Crippen MR) is 61.0 cm³/mol. The zero-order valence-corrected chi connectivity index (χ0v) is 8.88. The standard InChI is InChI=1S/C12H18N2/c1-10(14-2)8-12(13)9-11-6-4-3-5-7-11/h3-7,10,13-14H,8-9H2,1-2H3/t10-/m0/s1. The largest absolute Gasteiger partial charge is 0.317 e. The first-order chi connectivity index (χ1) is 6.72. The summed E-state index contributed by atoms with van der Waals surface area (Å²) < 4.78 is 0. The Balaban J connectivity index is 2.42. The molecule has 0 fully saturated rings. The summed E-state index contributed by atoms with van der Waals surface area (Å²) in [5.74, 6) is 0. The van der Waals surface area contributed by atoms with Gasteiger partial charge in [0.25, 0.3) is 0 Å². The minimum Gasteiger partial charge on any atom is -0.317 e. The van der Waals surface area contributed by atoms with Gasteiger partial charge in [-0.15, -0.1) is 0 Å². The van der Waals surface area contributed by atoms with Crippen LogP contribution in [-0.4, -0.2) is 18.8 Å². The van der Waals surface area contributed by atoms with Gasteiger partial charge in [-0.1, -0.05) is 30.3 Å². The molecule has 0 saturated heterocycles. The maximum atomic E-state index is 7.82. The van der Waals surface area contributed by atoms with E-state index in [4.69, 9.17) is 5.41 Å². The van der Waals surface area contributed by atoms with Crippen molar-refractivity contribution in [3.8, 4) is 0 Å². The van der Waals surface area contributed by atoms with E-state index in [9.17, 15) is 0 Å². The monoisotopic (exact) mass is 190 g/mol. The van der Waals surface area contributed by atoms with Crippen molar-refractivity contribution in [2.75, 3.05) is 7.05 Å². The summed E-state index contributed by atoms with van der Waals surface area (Å²) in [5, 5.41) is 11.0. The summed E-state index contributed by atoms with van der Waals surface area (Å²) in [6.07, 6.45) is 1.60. The van der Waals surface area contributed by atoms with Crippen molar-refractivity contribution in [2.24, 2.45) is 0 Å². The Morgan fingerprint density at radius 2 is 2.00 bits per heavy atom. The Labute approximate surface area is 85.9 Å². The molecule has 2 nitrogen and oxygen atoms in total. The van der Waals surface area contributed by atoms with Crippen LogP contribution in [0, 0.1) is 5.41 Å². The highest BCUT2D eigenvalue weighted by atomic mass is 14.8. The van der Waals surface area contributed by atoms with E-state index in [-0.39, 0.29) is 0 Å². The summed E-state index contributed by atoms with van der Waals surface area (Å²) >= 11 is 0. The molecule has 0 amide bonds. The minimum atomic E-state index is 0.395. The Hall–Kier alpha value is -1.15. The number of benzene rings is 1. The molecule has 0 heterocycles. The molecule has 14 heavy (non-hydrogen) atoms. The van der Waals surface area contributed by atoms with Crippen LogP contribution in [0.15, 0.2) is 30.3 Å². The highest BCUT2D eigenvalue weighted by Crippen LogP contribution is 2.03. The number of hydrogen-bond donors (Lipinski definition) is 2. The molecule has 1 atom stereocenters. The average Bonchev–Trinajstić information content (AvgIpc) is 2.19. The van der Waals surface area contributed by atoms with E-state index in [1.807, 2.05) is 25.2 Å². The van der Waals surface area contributed by atoms with Gasteiger partial charge in [-0.25, -0.2) is 0 Å². The van der Waals surface area contributed by atoms with E-state index in [2.05, 4.69) is 24.4 Å². The number of hydrogen-bond acceptors (Lipinski definition) is 2. The van der Waals surface area contributed by atoms with Crippen LogP contribution in [0.25, 0.3) is 0 Å². The molecule has 0 unspecified atom stereocenters. The molecule has 2 heteroatoms. The first kappa shape index (κ1) is 10.9. The third-order valence-electron chi connectivity index (χ3n) is 2.31. The molecule has 1 aromatic carbocycles. The molecule has 0 aliphatic carbocycles. The SMILES string of the molecule is CN[C@@H](C)CC(=N)Cc1ccccc1. The Morgan fingerprint density at radius 1 is 1.36 bits per heavy atom. The van der Waals surface area contributed by atoms with Crippen LogP contribution < -0.4 is 5.32 Å². The van der Waals surface area contributed by atoms with Crippen LogP contribution >= 0.6 is 0 Å². The number of nitrogens with one attached hydrogen (secondary N) is 2. The summed E-state index contributed by atoms with van der Waals surface area (Å²) in [4.78, 5) is 0. The van der Waals surface area contributed by atoms with Gasteiger partial charge in [0.2, 0.25) is 0 Å². The van der Waals surface area contributed by atoms with Gasteiger partial charge in [0, 0.05) is 24.6 Å². The molecule has 0 bridgehead atoms. The molecule has 2 N–H and O–H groups in total. The molecule has 0 saturated carbocycles. The molecule has 76 valence electrons. The first-order valence-electron chi connectivity index (χ1n) is 5.00. The third-order valence-corrected chi connectivity index (χ3v) is 2.31. The maximum Gasteiger partial charge on any atom is 0.0148 e. The summed E-state index contributed by atoms with van der Waals surface area (Å²) in [5.41, 5.74) is 2.01. The van der Waals surface area contributed by atoms with E-state index in [0.29, 0.717) is 6.04 Å². The predicted octanol–water partition coefficient (Wildman–Crippen LogP) is 2.25. The highest BCUT2D eigenvalue weighted by molar-refractivity contribution is 5.84. The van der Waals surface area contributed by atoms with Crippen molar-refractivity contribution in [2.45, 2.75) is 25.8 Å². The van der Waals surface area contributed by atoms with Crippen molar-refractivity contribution in [3.63, 3.8) is 0 Å². The van der Waals surface area contributed by atoms with Gasteiger partial charge in [0.05, 0.1) is 0 Å². The van der Waals surface area contributed by atoms with Gasteiger partial charge in [-0.05, 0) is 19.5 Å². The molecule has 0 radical (unpaired) electrons. The zero-order valence-electron chi connectivity index (χ0n) is 8.88. The Kier molecular flexibility index (Phi) is 4.33. The van der Waals surface area contributed by atoms with Crippen LogP contribution in [0.4, 0.5) is 0 Å². The lowest BCUT2D eigenvalue weighted by molar-refractivity contribution is 0.629. The molecule has 0 aliphatic rings. The molecule has 0 aromatic heterocycles. The quantitative estimate of drug-likeness (QED) is 0.686. The lowest BCUT2D eigenvalue weighted by atomic mass is 10.0. The van der Waals surface area contributed by atoms with Crippen molar-refractivity contribution in [3.05, 3.63) is 35.9 Å². The van der Waals surface area contributed by atoms with Gasteiger partial charge >= 0.3 is 0 Å². The fourth-order valence-electron chi connectivity index (χ4n) is 1.39. The summed E-state index contributed by atoms with van der Waals surface area (Å²) in [6.45, 7) is 2.10. The number of rotatable bonds is 5. The average molecular weight is 190 g/mol. The lowest BCUT2D eigenvalue weighted by Gasteiger charge is -2.10. The fraction of sp³-hybridized carbons (Fsp3) is 0.417. The summed E-state index contributed by atoms with van der Waals surface area (Å²) in [6, 6.07) is 10.6. The molecular weight excluding hydrogens is 172 g/mol. The fourth-order valence-corrected chi connectivity index (χ4v) is 1.39. The van der Waals surface area contributed by atoms with Gasteiger partial charge in [-0.3, -0.25) is 0 Å². The van der Waals surface area contributed by atoms with Crippen LogP contribution in [0.3, 0.4) is 0 Å². The van der Waals surface area contributed by atoms with E-state index in [1.165, 1.54) is 5.56 Å². The smallest absolute Gasteiger partial charge is 0.0148 e. The van der Waals surface area contributed by atoms with Gasteiger partial charge in [0.1, 0.15) is 0 Å². The van der Waals surface area contributed by atoms with E-state index >= 15 is 0 Å².